The summed E-state index contributed by atoms with van der Waals surface area (Å²) >= 11 is 1.97. The first kappa shape index (κ1) is 16.3. The lowest BCUT2D eigenvalue weighted by atomic mass is 9.87. The van der Waals surface area contributed by atoms with E-state index >= 15 is 0 Å². The highest BCUT2D eigenvalue weighted by Gasteiger charge is 2.37. The van der Waals surface area contributed by atoms with E-state index in [1.165, 1.54) is 44.5 Å². The zero-order chi connectivity index (χ0) is 13.6. The van der Waals surface area contributed by atoms with Gasteiger partial charge in [-0.2, -0.15) is 11.8 Å². The monoisotopic (exact) mass is 272 g/mol. The molecule has 1 fully saturated rings. The van der Waals surface area contributed by atoms with Gasteiger partial charge in [0, 0.05) is 30.7 Å². The van der Waals surface area contributed by atoms with E-state index < -0.39 is 0 Å². The van der Waals surface area contributed by atoms with Crippen molar-refractivity contribution < 1.29 is 0 Å². The van der Waals surface area contributed by atoms with Gasteiger partial charge in [-0.25, -0.2) is 0 Å². The van der Waals surface area contributed by atoms with Crippen molar-refractivity contribution in [3.8, 4) is 0 Å². The molecule has 0 aliphatic carbocycles. The Kier molecular flexibility index (Phi) is 7.04. The molecule has 0 radical (unpaired) electrons. The van der Waals surface area contributed by atoms with Gasteiger partial charge in [-0.15, -0.1) is 0 Å². The zero-order valence-electron chi connectivity index (χ0n) is 13.0. The predicted octanol–water partition coefficient (Wildman–Crippen LogP) is 3.37. The van der Waals surface area contributed by atoms with Crippen LogP contribution in [0.25, 0.3) is 0 Å². The molecule has 1 aliphatic rings. The van der Waals surface area contributed by atoms with E-state index in [1.54, 1.807) is 0 Å². The van der Waals surface area contributed by atoms with E-state index in [1.807, 2.05) is 11.8 Å². The van der Waals surface area contributed by atoms with E-state index in [4.69, 9.17) is 0 Å². The fourth-order valence-electron chi connectivity index (χ4n) is 3.06. The summed E-state index contributed by atoms with van der Waals surface area (Å²) < 4.78 is 0. The summed E-state index contributed by atoms with van der Waals surface area (Å²) in [5.74, 6) is 1.28. The second-order valence-electron chi connectivity index (χ2n) is 5.73. The molecule has 1 N–H and O–H groups in total. The molecule has 18 heavy (non-hydrogen) atoms. The summed E-state index contributed by atoms with van der Waals surface area (Å²) in [6, 6.07) is 1.45. The average molecular weight is 273 g/mol. The largest absolute Gasteiger partial charge is 0.308 e. The van der Waals surface area contributed by atoms with Crippen LogP contribution in [-0.4, -0.2) is 47.6 Å². The third kappa shape index (κ3) is 3.88. The highest BCUT2D eigenvalue weighted by molar-refractivity contribution is 7.98. The molecule has 2 nitrogen and oxygen atoms in total. The van der Waals surface area contributed by atoms with Crippen LogP contribution >= 0.6 is 11.8 Å². The smallest absolute Gasteiger partial charge is 0.0304 e. The van der Waals surface area contributed by atoms with E-state index in [2.05, 4.69) is 44.2 Å². The maximum atomic E-state index is 3.83. The minimum absolute atomic E-state index is 0.360. The normalized spacial score (nSPS) is 26.2. The maximum Gasteiger partial charge on any atom is 0.0304 e. The number of hydrogen-bond donors (Lipinski definition) is 1. The van der Waals surface area contributed by atoms with Gasteiger partial charge in [0.1, 0.15) is 0 Å². The number of nitrogens with zero attached hydrogens (tertiary/aromatic N) is 1. The molecule has 3 heteroatoms. The predicted molar refractivity (Wildman–Crippen MR) is 84.6 cm³/mol. The Bertz CT molecular complexity index is 229. The number of piperazine rings is 1. The van der Waals surface area contributed by atoms with Gasteiger partial charge in [-0.1, -0.05) is 20.8 Å². The van der Waals surface area contributed by atoms with Crippen LogP contribution < -0.4 is 5.32 Å². The number of rotatable bonds is 7. The minimum atomic E-state index is 0.360. The lowest BCUT2D eigenvalue weighted by Gasteiger charge is -2.49. The summed E-state index contributed by atoms with van der Waals surface area (Å²) in [7, 11) is 0. The standard InChI is InChI=1S/C15H32N2S/c1-6-14-11-16-15(7-2,8-3)12-17(14)13(4)9-10-18-5/h13-14,16H,6-12H2,1-5H3. The Labute approximate surface area is 118 Å². The minimum Gasteiger partial charge on any atom is -0.308 e. The van der Waals surface area contributed by atoms with Crippen molar-refractivity contribution in [3.63, 3.8) is 0 Å². The van der Waals surface area contributed by atoms with Gasteiger partial charge in [0.05, 0.1) is 0 Å². The molecule has 0 spiro atoms. The summed E-state index contributed by atoms with van der Waals surface area (Å²) in [6.45, 7) is 11.8. The number of hydrogen-bond acceptors (Lipinski definition) is 3. The first-order chi connectivity index (χ1) is 8.62. The van der Waals surface area contributed by atoms with Gasteiger partial charge in [0.25, 0.3) is 0 Å². The van der Waals surface area contributed by atoms with Gasteiger partial charge >= 0.3 is 0 Å². The molecule has 0 aromatic carbocycles. The van der Waals surface area contributed by atoms with Gasteiger partial charge in [0.15, 0.2) is 0 Å². The van der Waals surface area contributed by atoms with Crippen LogP contribution in [0, 0.1) is 0 Å². The summed E-state index contributed by atoms with van der Waals surface area (Å²) in [5, 5.41) is 3.83. The Morgan fingerprint density at radius 3 is 2.50 bits per heavy atom. The molecular formula is C15H32N2S. The molecule has 0 bridgehead atoms. The molecule has 1 rings (SSSR count). The second kappa shape index (κ2) is 7.76. The van der Waals surface area contributed by atoms with Crippen LogP contribution in [0.3, 0.4) is 0 Å². The second-order valence-corrected chi connectivity index (χ2v) is 6.72. The average Bonchev–Trinajstić information content (AvgIpc) is 2.43. The lowest BCUT2D eigenvalue weighted by Crippen LogP contribution is -2.65. The van der Waals surface area contributed by atoms with Crippen molar-refractivity contribution >= 4 is 11.8 Å². The van der Waals surface area contributed by atoms with Crippen LogP contribution in [0.1, 0.15) is 53.4 Å². The number of thioether (sulfide) groups is 1. The SMILES string of the molecule is CCC1CNC(CC)(CC)CN1C(C)CCSC. The topological polar surface area (TPSA) is 15.3 Å². The van der Waals surface area contributed by atoms with Crippen LogP contribution in [-0.2, 0) is 0 Å². The molecule has 0 aromatic rings. The van der Waals surface area contributed by atoms with Crippen molar-refractivity contribution in [3.05, 3.63) is 0 Å². The van der Waals surface area contributed by atoms with Crippen molar-refractivity contribution in [2.24, 2.45) is 0 Å². The highest BCUT2D eigenvalue weighted by atomic mass is 32.2. The fourth-order valence-corrected chi connectivity index (χ4v) is 3.64. The Morgan fingerprint density at radius 2 is 2.00 bits per heavy atom. The van der Waals surface area contributed by atoms with Crippen molar-refractivity contribution in [1.82, 2.24) is 10.2 Å². The van der Waals surface area contributed by atoms with Crippen LogP contribution in [0.5, 0.6) is 0 Å². The molecule has 0 aromatic heterocycles. The quantitative estimate of drug-likeness (QED) is 0.765. The van der Waals surface area contributed by atoms with E-state index in [0.717, 1.165) is 12.1 Å². The molecule has 1 heterocycles. The molecule has 108 valence electrons. The highest BCUT2D eigenvalue weighted by Crippen LogP contribution is 2.26. The zero-order valence-corrected chi connectivity index (χ0v) is 13.8. The van der Waals surface area contributed by atoms with Crippen molar-refractivity contribution in [2.45, 2.75) is 71.0 Å². The Hall–Kier alpha value is 0.270. The summed E-state index contributed by atoms with van der Waals surface area (Å²) in [4.78, 5) is 2.78. The van der Waals surface area contributed by atoms with E-state index in [0.29, 0.717) is 5.54 Å². The first-order valence-electron chi connectivity index (χ1n) is 7.62. The van der Waals surface area contributed by atoms with Gasteiger partial charge in [0.2, 0.25) is 0 Å². The van der Waals surface area contributed by atoms with E-state index in [-0.39, 0.29) is 0 Å². The van der Waals surface area contributed by atoms with Crippen LogP contribution in [0.15, 0.2) is 0 Å². The summed E-state index contributed by atoms with van der Waals surface area (Å²) in [6.07, 6.45) is 7.28. The third-order valence-electron chi connectivity index (χ3n) is 4.80. The maximum absolute atomic E-state index is 3.83. The van der Waals surface area contributed by atoms with Gasteiger partial charge < -0.3 is 5.32 Å². The molecule has 2 unspecified atom stereocenters. The summed E-state index contributed by atoms with van der Waals surface area (Å²) in [5.41, 5.74) is 0.360. The van der Waals surface area contributed by atoms with Crippen LogP contribution in [0.2, 0.25) is 0 Å². The van der Waals surface area contributed by atoms with Crippen molar-refractivity contribution in [2.75, 3.05) is 25.1 Å². The Balaban J connectivity index is 2.69. The third-order valence-corrected chi connectivity index (χ3v) is 5.44. The molecule has 2 atom stereocenters. The molecular weight excluding hydrogens is 240 g/mol. The first-order valence-corrected chi connectivity index (χ1v) is 9.01. The van der Waals surface area contributed by atoms with Crippen molar-refractivity contribution in [1.29, 1.82) is 0 Å². The molecule has 0 saturated carbocycles. The fraction of sp³-hybridized carbons (Fsp3) is 1.00. The molecule has 1 saturated heterocycles. The van der Waals surface area contributed by atoms with Gasteiger partial charge in [-0.3, -0.25) is 4.90 Å². The lowest BCUT2D eigenvalue weighted by molar-refractivity contribution is 0.0397. The Morgan fingerprint density at radius 1 is 1.33 bits per heavy atom. The number of nitrogens with one attached hydrogen (secondary N) is 1. The molecule has 1 aliphatic heterocycles. The molecule has 0 amide bonds. The van der Waals surface area contributed by atoms with E-state index in [9.17, 15) is 0 Å². The van der Waals surface area contributed by atoms with Gasteiger partial charge in [-0.05, 0) is 44.6 Å². The van der Waals surface area contributed by atoms with Crippen LogP contribution in [0.4, 0.5) is 0 Å².